The maximum Gasteiger partial charge on any atom is 0.315 e. The normalized spacial score (nSPS) is 13.0. The number of esters is 1. The summed E-state index contributed by atoms with van der Waals surface area (Å²) < 4.78 is 15.6. The molecule has 2 aromatic rings. The van der Waals surface area contributed by atoms with Gasteiger partial charge in [0.05, 0.1) is 23.5 Å². The van der Waals surface area contributed by atoms with Crippen LogP contribution in [0.5, 0.6) is 11.5 Å². The zero-order valence-corrected chi connectivity index (χ0v) is 18.6. The Balaban J connectivity index is 1.45. The minimum Gasteiger partial charge on any atom is -0.489 e. The Labute approximate surface area is 194 Å². The predicted molar refractivity (Wildman–Crippen MR) is 122 cm³/mol. The Morgan fingerprint density at radius 1 is 0.879 bits per heavy atom. The van der Waals surface area contributed by atoms with Gasteiger partial charge >= 0.3 is 5.97 Å². The molecule has 0 heterocycles. The molecule has 0 spiro atoms. The van der Waals surface area contributed by atoms with Crippen LogP contribution in [0.3, 0.4) is 0 Å². The average Bonchev–Trinajstić information content (AvgIpc) is 2.83. The molecule has 1 aliphatic carbocycles. The number of nitrogens with one attached hydrogen (secondary N) is 1. The van der Waals surface area contributed by atoms with Gasteiger partial charge in [0, 0.05) is 12.2 Å². The van der Waals surface area contributed by atoms with E-state index < -0.39 is 23.4 Å². The van der Waals surface area contributed by atoms with E-state index in [2.05, 4.69) is 10.1 Å². The first-order chi connectivity index (χ1) is 15.9. The summed E-state index contributed by atoms with van der Waals surface area (Å²) in [7, 11) is 1.23. The highest BCUT2D eigenvalue weighted by atomic mass is 32.2. The molecule has 1 amide bonds. The fraction of sp³-hybridized carbons (Fsp3) is 0.167. The van der Waals surface area contributed by atoms with Crippen molar-refractivity contribution in [3.8, 4) is 11.5 Å². The number of hydrogen-bond acceptors (Lipinski definition) is 8. The number of ketones is 2. The third-order valence-corrected chi connectivity index (χ3v) is 5.35. The van der Waals surface area contributed by atoms with Crippen LogP contribution in [0.25, 0.3) is 0 Å². The summed E-state index contributed by atoms with van der Waals surface area (Å²) in [5.74, 6) is -1.14. The van der Waals surface area contributed by atoms with Crippen LogP contribution in [-0.2, 0) is 30.5 Å². The maximum atomic E-state index is 12.2. The van der Waals surface area contributed by atoms with Crippen molar-refractivity contribution in [3.05, 3.63) is 82.9 Å². The Kier molecular flexibility index (Phi) is 8.43. The topological polar surface area (TPSA) is 108 Å². The largest absolute Gasteiger partial charge is 0.489 e. The molecule has 33 heavy (non-hydrogen) atoms. The van der Waals surface area contributed by atoms with Crippen molar-refractivity contribution in [2.45, 2.75) is 6.61 Å². The number of methoxy groups -OCH3 is 1. The fourth-order valence-corrected chi connectivity index (χ4v) is 3.44. The van der Waals surface area contributed by atoms with Crippen molar-refractivity contribution in [2.24, 2.45) is 0 Å². The second-order valence-electron chi connectivity index (χ2n) is 6.74. The van der Waals surface area contributed by atoms with Gasteiger partial charge in [-0.15, -0.1) is 11.8 Å². The quantitative estimate of drug-likeness (QED) is 0.420. The molecule has 170 valence electrons. The lowest BCUT2D eigenvalue weighted by Crippen LogP contribution is -2.33. The van der Waals surface area contributed by atoms with Crippen molar-refractivity contribution in [2.75, 3.05) is 19.5 Å². The molecule has 0 saturated heterocycles. The van der Waals surface area contributed by atoms with Crippen LogP contribution >= 0.6 is 11.8 Å². The molecule has 0 fully saturated rings. The van der Waals surface area contributed by atoms with Crippen molar-refractivity contribution >= 4 is 35.2 Å². The van der Waals surface area contributed by atoms with Gasteiger partial charge in [0.1, 0.15) is 18.1 Å². The number of carbonyl (C=O) groups is 4. The van der Waals surface area contributed by atoms with Crippen molar-refractivity contribution < 1.29 is 33.4 Å². The van der Waals surface area contributed by atoms with E-state index in [-0.39, 0.29) is 23.0 Å². The Morgan fingerprint density at radius 3 is 2.21 bits per heavy atom. The second kappa shape index (κ2) is 11.7. The summed E-state index contributed by atoms with van der Waals surface area (Å²) in [6.45, 7) is 0.0827. The van der Waals surface area contributed by atoms with Crippen LogP contribution in [0, 0.1) is 0 Å². The monoisotopic (exact) mass is 467 g/mol. The summed E-state index contributed by atoms with van der Waals surface area (Å²) in [4.78, 5) is 47.7. The first kappa shape index (κ1) is 23.8. The molecule has 0 unspecified atom stereocenters. The number of rotatable bonds is 10. The number of ether oxygens (including phenoxy) is 3. The minimum atomic E-state index is -0.592. The van der Waals surface area contributed by atoms with E-state index in [1.54, 1.807) is 24.3 Å². The number of carbonyl (C=O) groups excluding carboxylic acids is 4. The van der Waals surface area contributed by atoms with E-state index >= 15 is 0 Å². The van der Waals surface area contributed by atoms with Crippen molar-refractivity contribution in [1.29, 1.82) is 0 Å². The number of thioether (sulfide) groups is 1. The van der Waals surface area contributed by atoms with Gasteiger partial charge in [-0.3, -0.25) is 19.2 Å². The van der Waals surface area contributed by atoms with Gasteiger partial charge in [-0.25, -0.2) is 0 Å². The Bertz CT molecular complexity index is 1090. The summed E-state index contributed by atoms with van der Waals surface area (Å²) in [5, 5.41) is 2.37. The first-order valence-corrected chi connectivity index (χ1v) is 10.8. The molecule has 1 N–H and O–H groups in total. The van der Waals surface area contributed by atoms with Crippen LogP contribution < -0.4 is 14.8 Å². The summed E-state index contributed by atoms with van der Waals surface area (Å²) in [6, 6.07) is 16.5. The molecule has 0 atom stereocenters. The molecule has 3 rings (SSSR count). The molecule has 0 bridgehead atoms. The van der Waals surface area contributed by atoms with E-state index in [0.717, 1.165) is 29.5 Å². The smallest absolute Gasteiger partial charge is 0.315 e. The van der Waals surface area contributed by atoms with Gasteiger partial charge in [0.25, 0.3) is 5.91 Å². The molecular weight excluding hydrogens is 446 g/mol. The zero-order valence-electron chi connectivity index (χ0n) is 17.7. The van der Waals surface area contributed by atoms with Gasteiger partial charge < -0.3 is 19.5 Å². The molecule has 8 nitrogen and oxygen atoms in total. The van der Waals surface area contributed by atoms with Gasteiger partial charge in [0.2, 0.25) is 5.78 Å². The Morgan fingerprint density at radius 2 is 1.55 bits per heavy atom. The van der Waals surface area contributed by atoms with E-state index in [0.29, 0.717) is 18.1 Å². The van der Waals surface area contributed by atoms with E-state index in [1.807, 2.05) is 30.3 Å². The van der Waals surface area contributed by atoms with E-state index in [1.165, 1.54) is 7.11 Å². The summed E-state index contributed by atoms with van der Waals surface area (Å²) in [6.07, 6.45) is 2.11. The number of allylic oxidation sites excluding steroid dienone is 3. The molecule has 0 radical (unpaired) electrons. The minimum absolute atomic E-state index is 0.0964. The van der Waals surface area contributed by atoms with Crippen LogP contribution in [0.1, 0.15) is 5.56 Å². The molecule has 0 saturated carbocycles. The van der Waals surface area contributed by atoms with Crippen LogP contribution in [-0.4, -0.2) is 42.9 Å². The Hall–Kier alpha value is -3.85. The van der Waals surface area contributed by atoms with Gasteiger partial charge in [-0.05, 0) is 29.8 Å². The summed E-state index contributed by atoms with van der Waals surface area (Å²) in [5.41, 5.74) is 0.893. The van der Waals surface area contributed by atoms with E-state index in [9.17, 15) is 19.2 Å². The predicted octanol–water partition coefficient (Wildman–Crippen LogP) is 2.59. The zero-order chi connectivity index (χ0) is 23.6. The number of hydrogen-bond donors (Lipinski definition) is 1. The van der Waals surface area contributed by atoms with Crippen LogP contribution in [0.15, 0.2) is 77.4 Å². The van der Waals surface area contributed by atoms with E-state index in [4.69, 9.17) is 9.47 Å². The highest BCUT2D eigenvalue weighted by Gasteiger charge is 2.23. The molecular formula is C24H21NO7S. The summed E-state index contributed by atoms with van der Waals surface area (Å²) >= 11 is 0.898. The molecule has 1 aliphatic rings. The standard InChI is InChI=1S/C24H21NO7S/c1-30-24(29)15-33-22-12-20(26)19(11-21(22)27)25-23(28)14-32-18-9-7-17(8-10-18)31-13-16-5-3-2-4-6-16/h2-12H,13-15H2,1H3,(H,25,28). The van der Waals surface area contributed by atoms with Crippen molar-refractivity contribution in [3.63, 3.8) is 0 Å². The number of amides is 1. The van der Waals surface area contributed by atoms with Gasteiger partial charge in [0.15, 0.2) is 12.4 Å². The number of benzene rings is 2. The highest BCUT2D eigenvalue weighted by Crippen LogP contribution is 2.22. The lowest BCUT2D eigenvalue weighted by Gasteiger charge is -2.13. The van der Waals surface area contributed by atoms with Crippen molar-refractivity contribution in [1.82, 2.24) is 5.32 Å². The lowest BCUT2D eigenvalue weighted by molar-refractivity contribution is -0.137. The molecule has 2 aromatic carbocycles. The highest BCUT2D eigenvalue weighted by molar-refractivity contribution is 8.04. The van der Waals surface area contributed by atoms with Crippen LogP contribution in [0.2, 0.25) is 0 Å². The SMILES string of the molecule is COC(=O)CSC1=CC(=O)C(NC(=O)COc2ccc(OCc3ccccc3)cc2)=CC1=O. The molecule has 0 aliphatic heterocycles. The third kappa shape index (κ3) is 7.36. The lowest BCUT2D eigenvalue weighted by atomic mass is 10.1. The first-order valence-electron chi connectivity index (χ1n) is 9.85. The fourth-order valence-electron chi connectivity index (χ4n) is 2.66. The maximum absolute atomic E-state index is 12.2. The van der Waals surface area contributed by atoms with Crippen LogP contribution in [0.4, 0.5) is 0 Å². The molecule has 9 heteroatoms. The third-order valence-electron chi connectivity index (χ3n) is 4.34. The van der Waals surface area contributed by atoms with Gasteiger partial charge in [-0.2, -0.15) is 0 Å². The average molecular weight is 467 g/mol. The van der Waals surface area contributed by atoms with Gasteiger partial charge in [-0.1, -0.05) is 30.3 Å². The molecule has 0 aromatic heterocycles. The second-order valence-corrected chi connectivity index (χ2v) is 7.76.